The van der Waals surface area contributed by atoms with Gasteiger partial charge in [-0.1, -0.05) is 0 Å². The highest BCUT2D eigenvalue weighted by molar-refractivity contribution is 7.89. The lowest BCUT2D eigenvalue weighted by Crippen LogP contribution is -2.38. The summed E-state index contributed by atoms with van der Waals surface area (Å²) in [6.45, 7) is 2.40. The van der Waals surface area contributed by atoms with E-state index in [2.05, 4.69) is 14.5 Å². The van der Waals surface area contributed by atoms with Crippen LogP contribution in [-0.2, 0) is 21.3 Å². The maximum atomic E-state index is 12.6. The molecule has 0 saturated carbocycles. The summed E-state index contributed by atoms with van der Waals surface area (Å²) in [5, 5.41) is 0. The topological polar surface area (TPSA) is 77.3 Å². The molecule has 130 valence electrons. The third-order valence-electron chi connectivity index (χ3n) is 4.38. The average molecular weight is 350 g/mol. The Kier molecular flexibility index (Phi) is 5.27. The van der Waals surface area contributed by atoms with E-state index in [1.165, 1.54) is 6.20 Å². The third kappa shape index (κ3) is 3.50. The van der Waals surface area contributed by atoms with Crippen LogP contribution in [0.25, 0.3) is 0 Å². The number of nitrogens with zero attached hydrogens (tertiary/aromatic N) is 4. The van der Waals surface area contributed by atoms with Crippen molar-refractivity contribution in [1.82, 2.24) is 18.8 Å². The number of sulfonamides is 1. The van der Waals surface area contributed by atoms with Gasteiger partial charge in [0.15, 0.2) is 0 Å². The number of pyridine rings is 1. The molecule has 24 heavy (non-hydrogen) atoms. The fraction of sp³-hybridized carbons (Fsp3) is 0.500. The smallest absolute Gasteiger partial charge is 0.244 e. The van der Waals surface area contributed by atoms with Crippen molar-refractivity contribution in [1.29, 1.82) is 0 Å². The predicted molar refractivity (Wildman–Crippen MR) is 89.1 cm³/mol. The number of ether oxygens (including phenoxy) is 1. The Bertz CT molecular complexity index is 753. The summed E-state index contributed by atoms with van der Waals surface area (Å²) >= 11 is 0. The van der Waals surface area contributed by atoms with Gasteiger partial charge in [-0.2, -0.15) is 4.31 Å². The number of piperidine rings is 1. The highest BCUT2D eigenvalue weighted by Gasteiger charge is 2.31. The average Bonchev–Trinajstić information content (AvgIpc) is 3.09. The highest BCUT2D eigenvalue weighted by Crippen LogP contribution is 2.29. The number of rotatable bonds is 6. The van der Waals surface area contributed by atoms with Crippen LogP contribution in [-0.4, -0.2) is 54.1 Å². The molecule has 3 heterocycles. The zero-order valence-electron chi connectivity index (χ0n) is 13.7. The molecule has 3 rings (SSSR count). The molecule has 0 radical (unpaired) electrons. The van der Waals surface area contributed by atoms with E-state index in [4.69, 9.17) is 4.74 Å². The fourth-order valence-corrected chi connectivity index (χ4v) is 4.50. The molecule has 0 aliphatic carbocycles. The van der Waals surface area contributed by atoms with E-state index in [-0.39, 0.29) is 10.8 Å². The Hall–Kier alpha value is -1.77. The quantitative estimate of drug-likeness (QED) is 0.789. The van der Waals surface area contributed by atoms with Crippen LogP contribution in [0.2, 0.25) is 0 Å². The number of hydrogen-bond acceptors (Lipinski definition) is 5. The van der Waals surface area contributed by atoms with E-state index >= 15 is 0 Å². The van der Waals surface area contributed by atoms with Gasteiger partial charge in [-0.15, -0.1) is 0 Å². The van der Waals surface area contributed by atoms with Crippen molar-refractivity contribution in [3.63, 3.8) is 0 Å². The van der Waals surface area contributed by atoms with Crippen molar-refractivity contribution >= 4 is 10.0 Å². The van der Waals surface area contributed by atoms with E-state index in [1.807, 2.05) is 6.20 Å². The van der Waals surface area contributed by atoms with E-state index < -0.39 is 10.0 Å². The van der Waals surface area contributed by atoms with Crippen molar-refractivity contribution in [3.05, 3.63) is 42.7 Å². The van der Waals surface area contributed by atoms with Gasteiger partial charge in [0.2, 0.25) is 10.0 Å². The Labute approximate surface area is 142 Å². The lowest BCUT2D eigenvalue weighted by molar-refractivity contribution is 0.185. The monoisotopic (exact) mass is 350 g/mol. The van der Waals surface area contributed by atoms with Crippen molar-refractivity contribution in [2.24, 2.45) is 0 Å². The summed E-state index contributed by atoms with van der Waals surface area (Å²) in [7, 11) is -1.78. The van der Waals surface area contributed by atoms with Gasteiger partial charge in [0, 0.05) is 57.4 Å². The van der Waals surface area contributed by atoms with Gasteiger partial charge in [-0.05, 0) is 25.0 Å². The molecule has 0 aromatic carbocycles. The Balaban J connectivity index is 1.67. The van der Waals surface area contributed by atoms with E-state index in [9.17, 15) is 8.42 Å². The van der Waals surface area contributed by atoms with Crippen LogP contribution in [0, 0.1) is 0 Å². The molecule has 1 fully saturated rings. The lowest BCUT2D eigenvalue weighted by atomic mass is 9.97. The second-order valence-electron chi connectivity index (χ2n) is 5.84. The first-order chi connectivity index (χ1) is 11.6. The predicted octanol–water partition coefficient (Wildman–Crippen LogP) is 1.49. The molecule has 7 nitrogen and oxygen atoms in total. The standard InChI is InChI=1S/C16H22N4O3S/c1-23-12-11-19-10-7-18-16(19)14-4-8-20(9-5-14)24(21,22)15-3-2-6-17-13-15/h2-3,6-7,10,13-14H,4-5,8-9,11-12H2,1H3. The second-order valence-corrected chi connectivity index (χ2v) is 7.78. The Morgan fingerprint density at radius 2 is 2.08 bits per heavy atom. The molecule has 2 aromatic heterocycles. The highest BCUT2D eigenvalue weighted by atomic mass is 32.2. The fourth-order valence-electron chi connectivity index (χ4n) is 3.06. The maximum absolute atomic E-state index is 12.6. The molecule has 1 aliphatic rings. The van der Waals surface area contributed by atoms with Crippen LogP contribution in [0.5, 0.6) is 0 Å². The molecule has 0 amide bonds. The minimum atomic E-state index is -3.45. The zero-order chi connectivity index (χ0) is 17.0. The summed E-state index contributed by atoms with van der Waals surface area (Å²) < 4.78 is 34.0. The summed E-state index contributed by atoms with van der Waals surface area (Å²) in [5.41, 5.74) is 0. The van der Waals surface area contributed by atoms with Crippen LogP contribution in [0.3, 0.4) is 0 Å². The maximum Gasteiger partial charge on any atom is 0.244 e. The van der Waals surface area contributed by atoms with E-state index in [1.54, 1.807) is 35.9 Å². The van der Waals surface area contributed by atoms with Crippen molar-refractivity contribution in [2.45, 2.75) is 30.2 Å². The minimum Gasteiger partial charge on any atom is -0.383 e. The first-order valence-corrected chi connectivity index (χ1v) is 9.47. The molecule has 0 atom stereocenters. The van der Waals surface area contributed by atoms with Crippen molar-refractivity contribution < 1.29 is 13.2 Å². The van der Waals surface area contributed by atoms with E-state index in [0.29, 0.717) is 19.7 Å². The first kappa shape index (κ1) is 17.1. The summed E-state index contributed by atoms with van der Waals surface area (Å²) in [4.78, 5) is 8.63. The first-order valence-electron chi connectivity index (χ1n) is 8.03. The number of aromatic nitrogens is 3. The van der Waals surface area contributed by atoms with Crippen LogP contribution < -0.4 is 0 Å². The van der Waals surface area contributed by atoms with Crippen molar-refractivity contribution in [2.75, 3.05) is 26.8 Å². The van der Waals surface area contributed by atoms with Gasteiger partial charge < -0.3 is 9.30 Å². The normalized spacial score (nSPS) is 17.2. The molecular weight excluding hydrogens is 328 g/mol. The molecule has 1 saturated heterocycles. The van der Waals surface area contributed by atoms with Gasteiger partial charge in [0.1, 0.15) is 10.7 Å². The SMILES string of the molecule is COCCn1ccnc1C1CCN(S(=O)(=O)c2cccnc2)CC1. The lowest BCUT2D eigenvalue weighted by Gasteiger charge is -2.31. The molecule has 2 aromatic rings. The molecule has 0 N–H and O–H groups in total. The van der Waals surface area contributed by atoms with Crippen LogP contribution >= 0.6 is 0 Å². The largest absolute Gasteiger partial charge is 0.383 e. The molecule has 0 spiro atoms. The van der Waals surface area contributed by atoms with Crippen molar-refractivity contribution in [3.8, 4) is 0 Å². The number of methoxy groups -OCH3 is 1. The van der Waals surface area contributed by atoms with Gasteiger partial charge in [-0.3, -0.25) is 4.98 Å². The van der Waals surface area contributed by atoms with Gasteiger partial charge in [-0.25, -0.2) is 13.4 Å². The van der Waals surface area contributed by atoms with E-state index in [0.717, 1.165) is 25.2 Å². The molecular formula is C16H22N4O3S. The Morgan fingerprint density at radius 3 is 2.75 bits per heavy atom. The zero-order valence-corrected chi connectivity index (χ0v) is 14.5. The summed E-state index contributed by atoms with van der Waals surface area (Å²) in [6, 6.07) is 3.23. The van der Waals surface area contributed by atoms with Crippen LogP contribution in [0.4, 0.5) is 0 Å². The van der Waals surface area contributed by atoms with Crippen LogP contribution in [0.15, 0.2) is 41.8 Å². The molecule has 0 bridgehead atoms. The number of hydrogen-bond donors (Lipinski definition) is 0. The molecule has 1 aliphatic heterocycles. The summed E-state index contributed by atoms with van der Waals surface area (Å²) in [6.07, 6.45) is 8.26. The molecule has 0 unspecified atom stereocenters. The van der Waals surface area contributed by atoms with Gasteiger partial charge >= 0.3 is 0 Å². The third-order valence-corrected chi connectivity index (χ3v) is 6.26. The minimum absolute atomic E-state index is 0.255. The Morgan fingerprint density at radius 1 is 1.29 bits per heavy atom. The summed E-state index contributed by atoms with van der Waals surface area (Å²) in [5.74, 6) is 1.29. The van der Waals surface area contributed by atoms with Gasteiger partial charge in [0.05, 0.1) is 6.61 Å². The molecule has 8 heteroatoms. The second kappa shape index (κ2) is 7.42. The number of imidazole rings is 1. The van der Waals surface area contributed by atoms with Gasteiger partial charge in [0.25, 0.3) is 0 Å². The van der Waals surface area contributed by atoms with Crippen LogP contribution in [0.1, 0.15) is 24.6 Å².